The van der Waals surface area contributed by atoms with E-state index in [0.29, 0.717) is 12.0 Å². The van der Waals surface area contributed by atoms with Gasteiger partial charge in [-0.3, -0.25) is 9.78 Å². The highest BCUT2D eigenvalue weighted by atomic mass is 16.1. The third-order valence-corrected chi connectivity index (χ3v) is 5.79. The highest BCUT2D eigenvalue weighted by molar-refractivity contribution is 5.64. The molecule has 0 bridgehead atoms. The molecular formula is C22H25N5O. The zero-order valence-electron chi connectivity index (χ0n) is 16.1. The summed E-state index contributed by atoms with van der Waals surface area (Å²) >= 11 is 0. The smallest absolute Gasteiger partial charge is 0.250 e. The maximum absolute atomic E-state index is 12.1. The molecule has 1 N–H and O–H groups in total. The quantitative estimate of drug-likeness (QED) is 0.712. The predicted octanol–water partition coefficient (Wildman–Crippen LogP) is 3.78. The fourth-order valence-corrected chi connectivity index (χ4v) is 3.71. The van der Waals surface area contributed by atoms with Crippen molar-refractivity contribution in [1.29, 1.82) is 0 Å². The Balaban J connectivity index is 1.39. The first-order chi connectivity index (χ1) is 13.7. The number of pyridine rings is 2. The summed E-state index contributed by atoms with van der Waals surface area (Å²) in [7, 11) is 0. The zero-order chi connectivity index (χ0) is 19.1. The van der Waals surface area contributed by atoms with Crippen LogP contribution >= 0.6 is 0 Å². The minimum Gasteiger partial charge on any atom is -0.381 e. The minimum absolute atomic E-state index is 0.0510. The topological polar surface area (TPSA) is 64.7 Å². The fourth-order valence-electron chi connectivity index (χ4n) is 3.71. The first-order valence-corrected chi connectivity index (χ1v) is 10.1. The van der Waals surface area contributed by atoms with E-state index in [0.717, 1.165) is 34.7 Å². The van der Waals surface area contributed by atoms with E-state index in [9.17, 15) is 4.79 Å². The fraction of sp³-hybridized carbons (Fsp3) is 0.409. The van der Waals surface area contributed by atoms with Crippen molar-refractivity contribution in [3.8, 4) is 16.9 Å². The number of nitrogens with one attached hydrogen (secondary N) is 1. The summed E-state index contributed by atoms with van der Waals surface area (Å²) in [6.07, 6.45) is 13.9. The van der Waals surface area contributed by atoms with Gasteiger partial charge >= 0.3 is 0 Å². The van der Waals surface area contributed by atoms with Gasteiger partial charge in [0.1, 0.15) is 0 Å². The molecule has 0 atom stereocenters. The van der Waals surface area contributed by atoms with Gasteiger partial charge in [0.2, 0.25) is 0 Å². The highest BCUT2D eigenvalue weighted by Crippen LogP contribution is 2.30. The van der Waals surface area contributed by atoms with Crippen molar-refractivity contribution in [2.75, 3.05) is 5.32 Å². The Labute approximate surface area is 164 Å². The van der Waals surface area contributed by atoms with Crippen LogP contribution in [0.25, 0.3) is 16.9 Å². The van der Waals surface area contributed by atoms with E-state index in [1.165, 1.54) is 32.1 Å². The van der Waals surface area contributed by atoms with Gasteiger partial charge in [-0.15, -0.1) is 0 Å². The molecule has 0 spiro atoms. The lowest BCUT2D eigenvalue weighted by Gasteiger charge is -2.27. The first kappa shape index (κ1) is 17.2. The molecule has 0 aromatic carbocycles. The third-order valence-electron chi connectivity index (χ3n) is 5.79. The van der Waals surface area contributed by atoms with Crippen LogP contribution in [-0.4, -0.2) is 25.4 Å². The van der Waals surface area contributed by atoms with Crippen LogP contribution in [0.2, 0.25) is 0 Å². The molecule has 6 heteroatoms. The average molecular weight is 375 g/mol. The van der Waals surface area contributed by atoms with Crippen LogP contribution in [0.5, 0.6) is 0 Å². The van der Waals surface area contributed by atoms with Crippen molar-refractivity contribution >= 4 is 5.69 Å². The lowest BCUT2D eigenvalue weighted by Crippen LogP contribution is -2.27. The predicted molar refractivity (Wildman–Crippen MR) is 110 cm³/mol. The molecule has 0 radical (unpaired) electrons. The van der Waals surface area contributed by atoms with Crippen molar-refractivity contribution in [1.82, 2.24) is 19.3 Å². The Morgan fingerprint density at radius 1 is 1.14 bits per heavy atom. The molecule has 3 aromatic heterocycles. The molecule has 0 saturated heterocycles. The van der Waals surface area contributed by atoms with Gasteiger partial charge in [-0.2, -0.15) is 5.10 Å². The van der Waals surface area contributed by atoms with E-state index in [4.69, 9.17) is 0 Å². The van der Waals surface area contributed by atoms with Crippen LogP contribution in [0.3, 0.4) is 0 Å². The van der Waals surface area contributed by atoms with Gasteiger partial charge in [0.15, 0.2) is 0 Å². The monoisotopic (exact) mass is 375 g/mol. The SMILES string of the molecule is Cc1cc(NC2CCC2)cnc1-c1cnn(-c2ccc(=O)n(CC3CC3)c2)c1. The Bertz CT molecular complexity index is 1060. The summed E-state index contributed by atoms with van der Waals surface area (Å²) < 4.78 is 3.62. The molecule has 28 heavy (non-hydrogen) atoms. The Kier molecular flexibility index (Phi) is 4.26. The van der Waals surface area contributed by atoms with E-state index in [1.54, 1.807) is 10.6 Å². The van der Waals surface area contributed by atoms with E-state index in [-0.39, 0.29) is 5.56 Å². The van der Waals surface area contributed by atoms with Crippen LogP contribution in [0.1, 0.15) is 37.7 Å². The number of rotatable bonds is 6. The standard InChI is InChI=1S/C22H25N5O/c1-15-9-19(25-18-3-2-4-18)11-23-22(15)17-10-24-27(13-17)20-7-8-21(28)26(14-20)12-16-5-6-16/h7-11,13-14,16,18,25H,2-6,12H2,1H3. The maximum atomic E-state index is 12.1. The summed E-state index contributed by atoms with van der Waals surface area (Å²) in [5.41, 5.74) is 5.08. The zero-order valence-corrected chi connectivity index (χ0v) is 16.1. The van der Waals surface area contributed by atoms with Crippen molar-refractivity contribution in [2.24, 2.45) is 5.92 Å². The lowest BCUT2D eigenvalue weighted by molar-refractivity contribution is 0.445. The second-order valence-corrected chi connectivity index (χ2v) is 8.16. The Morgan fingerprint density at radius 3 is 2.71 bits per heavy atom. The van der Waals surface area contributed by atoms with Crippen molar-refractivity contribution in [3.63, 3.8) is 0 Å². The van der Waals surface area contributed by atoms with Gasteiger partial charge in [0.05, 0.1) is 29.5 Å². The first-order valence-electron chi connectivity index (χ1n) is 10.1. The normalized spacial score (nSPS) is 16.8. The van der Waals surface area contributed by atoms with Gasteiger partial charge in [-0.05, 0) is 62.6 Å². The van der Waals surface area contributed by atoms with Gasteiger partial charge in [-0.25, -0.2) is 4.68 Å². The summed E-state index contributed by atoms with van der Waals surface area (Å²) in [5.74, 6) is 0.653. The lowest BCUT2D eigenvalue weighted by atomic mass is 9.93. The number of anilines is 1. The maximum Gasteiger partial charge on any atom is 0.250 e. The van der Waals surface area contributed by atoms with Crippen molar-refractivity contribution in [2.45, 2.75) is 51.6 Å². The van der Waals surface area contributed by atoms with Crippen LogP contribution in [0.4, 0.5) is 5.69 Å². The minimum atomic E-state index is 0.0510. The number of hydrogen-bond acceptors (Lipinski definition) is 4. The van der Waals surface area contributed by atoms with E-state index in [2.05, 4.69) is 28.4 Å². The van der Waals surface area contributed by atoms with Crippen molar-refractivity contribution < 1.29 is 0 Å². The number of aryl methyl sites for hydroxylation is 1. The number of aromatic nitrogens is 4. The second kappa shape index (κ2) is 6.93. The summed E-state index contributed by atoms with van der Waals surface area (Å²) in [6.45, 7) is 2.89. The Morgan fingerprint density at radius 2 is 2.00 bits per heavy atom. The van der Waals surface area contributed by atoms with Crippen LogP contribution in [-0.2, 0) is 6.54 Å². The van der Waals surface area contributed by atoms with E-state index >= 15 is 0 Å². The number of hydrogen-bond donors (Lipinski definition) is 1. The molecule has 5 rings (SSSR count). The van der Waals surface area contributed by atoms with Gasteiger partial charge in [0, 0.05) is 36.6 Å². The van der Waals surface area contributed by atoms with Gasteiger partial charge < -0.3 is 9.88 Å². The molecule has 0 unspecified atom stereocenters. The van der Waals surface area contributed by atoms with Crippen molar-refractivity contribution in [3.05, 3.63) is 58.9 Å². The van der Waals surface area contributed by atoms with Gasteiger partial charge in [-0.1, -0.05) is 0 Å². The average Bonchev–Trinajstić information content (AvgIpc) is 3.33. The molecular weight excluding hydrogens is 350 g/mol. The molecule has 2 fully saturated rings. The molecule has 2 saturated carbocycles. The summed E-state index contributed by atoms with van der Waals surface area (Å²) in [6, 6.07) is 6.22. The summed E-state index contributed by atoms with van der Waals surface area (Å²) in [4.78, 5) is 16.8. The molecule has 2 aliphatic rings. The van der Waals surface area contributed by atoms with E-state index < -0.39 is 0 Å². The largest absolute Gasteiger partial charge is 0.381 e. The second-order valence-electron chi connectivity index (χ2n) is 8.16. The van der Waals surface area contributed by atoms with Crippen LogP contribution < -0.4 is 10.9 Å². The molecule has 2 aliphatic carbocycles. The third kappa shape index (κ3) is 3.46. The van der Waals surface area contributed by atoms with Crippen LogP contribution in [0, 0.1) is 12.8 Å². The van der Waals surface area contributed by atoms with Gasteiger partial charge in [0.25, 0.3) is 5.56 Å². The van der Waals surface area contributed by atoms with Crippen LogP contribution in [0.15, 0.2) is 47.8 Å². The molecule has 3 aromatic rings. The summed E-state index contributed by atoms with van der Waals surface area (Å²) in [5, 5.41) is 8.05. The molecule has 144 valence electrons. The molecule has 3 heterocycles. The highest BCUT2D eigenvalue weighted by Gasteiger charge is 2.22. The number of nitrogens with zero attached hydrogens (tertiary/aromatic N) is 4. The van der Waals surface area contributed by atoms with E-state index in [1.807, 2.05) is 35.5 Å². The molecule has 6 nitrogen and oxygen atoms in total. The molecule has 0 amide bonds. The molecule has 0 aliphatic heterocycles. The Hall–Kier alpha value is -2.89.